The molecule has 1 atom stereocenters. The summed E-state index contributed by atoms with van der Waals surface area (Å²) in [5.41, 5.74) is 1.57. The quantitative estimate of drug-likeness (QED) is 0.621. The van der Waals surface area contributed by atoms with Crippen molar-refractivity contribution in [3.8, 4) is 0 Å². The average molecular weight is 209 g/mol. The van der Waals surface area contributed by atoms with Gasteiger partial charge in [-0.05, 0) is 40.3 Å². The van der Waals surface area contributed by atoms with E-state index in [1.54, 1.807) is 0 Å². The third-order valence-electron chi connectivity index (χ3n) is 3.50. The van der Waals surface area contributed by atoms with Gasteiger partial charge in [-0.1, -0.05) is 44.6 Å². The smallest absolute Gasteiger partial charge is 0.0382 e. The molecule has 0 heterocycles. The zero-order valence-electron chi connectivity index (χ0n) is 11.5. The van der Waals surface area contributed by atoms with Crippen LogP contribution in [-0.2, 0) is 0 Å². The van der Waals surface area contributed by atoms with Crippen molar-refractivity contribution in [3.05, 3.63) is 23.8 Å². The Morgan fingerprint density at radius 1 is 1.33 bits per heavy atom. The third kappa shape index (κ3) is 4.21. The van der Waals surface area contributed by atoms with E-state index in [1.807, 2.05) is 0 Å². The van der Waals surface area contributed by atoms with Crippen molar-refractivity contribution >= 4 is 0 Å². The minimum atomic E-state index is 0.143. The molecular weight excluding hydrogens is 182 g/mol. The highest BCUT2D eigenvalue weighted by Gasteiger charge is 2.26. The molecule has 0 amide bonds. The lowest BCUT2D eigenvalue weighted by Gasteiger charge is -2.37. The van der Waals surface area contributed by atoms with E-state index in [-0.39, 0.29) is 5.54 Å². The first-order chi connectivity index (χ1) is 6.84. The normalized spacial score (nSPS) is 17.8. The highest BCUT2D eigenvalue weighted by molar-refractivity contribution is 5.16. The summed E-state index contributed by atoms with van der Waals surface area (Å²) >= 11 is 0. The summed E-state index contributed by atoms with van der Waals surface area (Å²) in [6.07, 6.45) is 7.84. The number of hydrogen-bond donors (Lipinski definition) is 0. The molecule has 0 radical (unpaired) electrons. The molecule has 15 heavy (non-hydrogen) atoms. The number of nitrogens with zero attached hydrogens (tertiary/aromatic N) is 1. The molecule has 1 heteroatoms. The van der Waals surface area contributed by atoms with Gasteiger partial charge in [-0.3, -0.25) is 0 Å². The number of allylic oxidation sites excluding steroid dienone is 3. The second kappa shape index (κ2) is 6.12. The third-order valence-corrected chi connectivity index (χ3v) is 3.50. The number of rotatable bonds is 5. The van der Waals surface area contributed by atoms with Gasteiger partial charge in [-0.15, -0.1) is 0 Å². The van der Waals surface area contributed by atoms with Gasteiger partial charge in [0.15, 0.2) is 0 Å². The van der Waals surface area contributed by atoms with E-state index in [4.69, 9.17) is 0 Å². The topological polar surface area (TPSA) is 3.24 Å². The fraction of sp³-hybridized carbons (Fsp3) is 0.714. The monoisotopic (exact) mass is 209 g/mol. The zero-order valence-corrected chi connectivity index (χ0v) is 11.5. The van der Waals surface area contributed by atoms with Crippen molar-refractivity contribution in [3.63, 3.8) is 0 Å². The SMILES string of the molecule is CC/C(C)=C/C=C\[C@](C)(C(C)C)N(C)C. The van der Waals surface area contributed by atoms with E-state index in [2.05, 4.69) is 71.8 Å². The summed E-state index contributed by atoms with van der Waals surface area (Å²) in [4.78, 5) is 2.28. The predicted octanol–water partition coefficient (Wildman–Crippen LogP) is 3.88. The Labute approximate surface area is 95.9 Å². The molecule has 0 fully saturated rings. The highest BCUT2D eigenvalue weighted by Crippen LogP contribution is 2.23. The average Bonchev–Trinajstić information content (AvgIpc) is 2.16. The number of hydrogen-bond acceptors (Lipinski definition) is 1. The molecule has 0 spiro atoms. The largest absolute Gasteiger partial charge is 0.300 e. The maximum absolute atomic E-state index is 2.30. The van der Waals surface area contributed by atoms with E-state index in [0.29, 0.717) is 5.92 Å². The van der Waals surface area contributed by atoms with E-state index in [9.17, 15) is 0 Å². The Morgan fingerprint density at radius 2 is 1.87 bits per heavy atom. The van der Waals surface area contributed by atoms with Crippen molar-refractivity contribution in [1.82, 2.24) is 4.90 Å². The van der Waals surface area contributed by atoms with Gasteiger partial charge in [0.1, 0.15) is 0 Å². The van der Waals surface area contributed by atoms with Crippen LogP contribution in [0, 0.1) is 5.92 Å². The van der Waals surface area contributed by atoms with Crippen LogP contribution in [0.15, 0.2) is 23.8 Å². The fourth-order valence-corrected chi connectivity index (χ4v) is 1.38. The first kappa shape index (κ1) is 14.4. The Kier molecular flexibility index (Phi) is 5.89. The maximum Gasteiger partial charge on any atom is 0.0382 e. The zero-order chi connectivity index (χ0) is 12.1. The molecular formula is C14H27N. The van der Waals surface area contributed by atoms with Crippen molar-refractivity contribution < 1.29 is 0 Å². The predicted molar refractivity (Wildman–Crippen MR) is 70.1 cm³/mol. The first-order valence-electron chi connectivity index (χ1n) is 5.87. The molecule has 0 aromatic carbocycles. The van der Waals surface area contributed by atoms with Gasteiger partial charge >= 0.3 is 0 Å². The van der Waals surface area contributed by atoms with Gasteiger partial charge in [-0.25, -0.2) is 0 Å². The Hall–Kier alpha value is -0.560. The van der Waals surface area contributed by atoms with E-state index >= 15 is 0 Å². The second-order valence-electron chi connectivity index (χ2n) is 5.00. The van der Waals surface area contributed by atoms with Crippen molar-refractivity contribution in [2.24, 2.45) is 5.92 Å². The lowest BCUT2D eigenvalue weighted by atomic mass is 9.86. The summed E-state index contributed by atoms with van der Waals surface area (Å²) in [5, 5.41) is 0. The van der Waals surface area contributed by atoms with Crippen LogP contribution < -0.4 is 0 Å². The Morgan fingerprint density at radius 3 is 2.20 bits per heavy atom. The standard InChI is InChI=1S/C14H27N/c1-8-13(4)10-9-11-14(5,12(2)3)15(6)7/h9-12H,8H2,1-7H3/b11-9-,13-10+/t14-/m1/s1. The van der Waals surface area contributed by atoms with Gasteiger partial charge in [0.05, 0.1) is 0 Å². The molecule has 0 aliphatic carbocycles. The van der Waals surface area contributed by atoms with Crippen molar-refractivity contribution in [1.29, 1.82) is 0 Å². The Bertz CT molecular complexity index is 226. The van der Waals surface area contributed by atoms with Crippen LogP contribution in [0.5, 0.6) is 0 Å². The lowest BCUT2D eigenvalue weighted by molar-refractivity contribution is 0.168. The fourth-order valence-electron chi connectivity index (χ4n) is 1.38. The summed E-state index contributed by atoms with van der Waals surface area (Å²) in [7, 11) is 4.28. The van der Waals surface area contributed by atoms with Gasteiger partial charge in [-0.2, -0.15) is 0 Å². The number of likely N-dealkylation sites (N-methyl/N-ethyl adjacent to an activating group) is 1. The van der Waals surface area contributed by atoms with Gasteiger partial charge in [0, 0.05) is 5.54 Å². The van der Waals surface area contributed by atoms with E-state index < -0.39 is 0 Å². The molecule has 0 N–H and O–H groups in total. The molecule has 0 aliphatic heterocycles. The first-order valence-corrected chi connectivity index (χ1v) is 5.87. The molecule has 0 aromatic heterocycles. The minimum Gasteiger partial charge on any atom is -0.300 e. The molecule has 0 bridgehead atoms. The van der Waals surface area contributed by atoms with Crippen LogP contribution in [0.1, 0.15) is 41.0 Å². The second-order valence-corrected chi connectivity index (χ2v) is 5.00. The van der Waals surface area contributed by atoms with Crippen LogP contribution in [0.25, 0.3) is 0 Å². The maximum atomic E-state index is 2.30. The molecule has 0 saturated heterocycles. The lowest BCUT2D eigenvalue weighted by Crippen LogP contribution is -2.44. The molecule has 0 saturated carbocycles. The van der Waals surface area contributed by atoms with Crippen molar-refractivity contribution in [2.75, 3.05) is 14.1 Å². The highest BCUT2D eigenvalue weighted by atomic mass is 15.1. The van der Waals surface area contributed by atoms with Crippen LogP contribution in [0.3, 0.4) is 0 Å². The van der Waals surface area contributed by atoms with E-state index in [0.717, 1.165) is 6.42 Å². The van der Waals surface area contributed by atoms with Crippen LogP contribution in [-0.4, -0.2) is 24.5 Å². The van der Waals surface area contributed by atoms with E-state index in [1.165, 1.54) is 5.57 Å². The molecule has 0 aromatic rings. The van der Waals surface area contributed by atoms with Crippen LogP contribution >= 0.6 is 0 Å². The van der Waals surface area contributed by atoms with Crippen molar-refractivity contribution in [2.45, 2.75) is 46.6 Å². The van der Waals surface area contributed by atoms with Crippen LogP contribution in [0.2, 0.25) is 0 Å². The minimum absolute atomic E-state index is 0.143. The molecule has 0 aliphatic rings. The summed E-state index contributed by atoms with van der Waals surface area (Å²) in [6.45, 7) is 11.2. The molecule has 88 valence electrons. The van der Waals surface area contributed by atoms with Gasteiger partial charge in [0.2, 0.25) is 0 Å². The summed E-state index contributed by atoms with van der Waals surface area (Å²) in [6, 6.07) is 0. The summed E-state index contributed by atoms with van der Waals surface area (Å²) < 4.78 is 0. The molecule has 0 rings (SSSR count). The van der Waals surface area contributed by atoms with Gasteiger partial charge < -0.3 is 4.90 Å². The van der Waals surface area contributed by atoms with Crippen LogP contribution in [0.4, 0.5) is 0 Å². The van der Waals surface area contributed by atoms with Gasteiger partial charge in [0.25, 0.3) is 0 Å². The summed E-state index contributed by atoms with van der Waals surface area (Å²) in [5.74, 6) is 0.610. The molecule has 0 unspecified atom stereocenters. The Balaban J connectivity index is 4.71. The molecule has 1 nitrogen and oxygen atoms in total.